The molecule has 0 aromatic heterocycles. The number of hydrogen-bond donors (Lipinski definition) is 2. The van der Waals surface area contributed by atoms with Crippen LogP contribution in [0.15, 0.2) is 46.6 Å². The molecule has 0 aliphatic carbocycles. The highest BCUT2D eigenvalue weighted by Crippen LogP contribution is 2.32. The van der Waals surface area contributed by atoms with E-state index in [0.717, 1.165) is 5.56 Å². The highest BCUT2D eigenvalue weighted by atomic mass is 35.5. The third-order valence-electron chi connectivity index (χ3n) is 2.77. The number of aryl methyl sites for hydroxylation is 1. The summed E-state index contributed by atoms with van der Waals surface area (Å²) in [6.45, 7) is 1.90. The van der Waals surface area contributed by atoms with Gasteiger partial charge < -0.3 is 16.2 Å². The Hall–Kier alpha value is -2.27. The van der Waals surface area contributed by atoms with Crippen molar-refractivity contribution in [3.05, 3.63) is 42.0 Å². The molecule has 0 saturated carbocycles. The molecule has 0 bridgehead atoms. The fourth-order valence-electron chi connectivity index (χ4n) is 1.63. The lowest BCUT2D eigenvalue weighted by Gasteiger charge is -2.05. The third-order valence-corrected chi connectivity index (χ3v) is 2.77. The Balaban J connectivity index is 0.00000200. The number of hydrogen-bond acceptors (Lipinski definition) is 5. The van der Waals surface area contributed by atoms with Gasteiger partial charge in [0.15, 0.2) is 0 Å². The van der Waals surface area contributed by atoms with Gasteiger partial charge in [-0.25, -0.2) is 0 Å². The van der Waals surface area contributed by atoms with Gasteiger partial charge in [0, 0.05) is 5.69 Å². The number of halogens is 1. The van der Waals surface area contributed by atoms with Crippen molar-refractivity contribution in [2.45, 2.75) is 6.92 Å². The zero-order chi connectivity index (χ0) is 13.8. The molecule has 0 fully saturated rings. The Kier molecular flexibility index (Phi) is 5.34. The van der Waals surface area contributed by atoms with Gasteiger partial charge in [-0.1, -0.05) is 12.1 Å². The van der Waals surface area contributed by atoms with E-state index in [1.807, 2.05) is 37.3 Å². The van der Waals surface area contributed by atoms with Crippen molar-refractivity contribution < 1.29 is 4.74 Å². The first-order valence-corrected chi connectivity index (χ1v) is 5.82. The topological polar surface area (TPSA) is 86.0 Å². The third kappa shape index (κ3) is 3.39. The fraction of sp³-hybridized carbons (Fsp3) is 0.143. The number of anilines is 2. The molecule has 106 valence electrons. The first-order valence-electron chi connectivity index (χ1n) is 5.82. The Labute approximate surface area is 124 Å². The van der Waals surface area contributed by atoms with Crippen LogP contribution in [0.4, 0.5) is 22.7 Å². The smallest absolute Gasteiger partial charge is 0.146 e. The summed E-state index contributed by atoms with van der Waals surface area (Å²) in [4.78, 5) is 0. The number of para-hydroxylation sites is 1. The minimum absolute atomic E-state index is 0. The molecule has 0 atom stereocenters. The Morgan fingerprint density at radius 1 is 0.950 bits per heavy atom. The van der Waals surface area contributed by atoms with Crippen molar-refractivity contribution in [2.75, 3.05) is 18.6 Å². The second kappa shape index (κ2) is 6.77. The number of azo groups is 1. The average molecular weight is 293 g/mol. The van der Waals surface area contributed by atoms with Crippen LogP contribution in [0.25, 0.3) is 0 Å². The Morgan fingerprint density at radius 2 is 1.60 bits per heavy atom. The quantitative estimate of drug-likeness (QED) is 0.662. The summed E-state index contributed by atoms with van der Waals surface area (Å²) < 4.78 is 5.20. The molecule has 2 aromatic carbocycles. The van der Waals surface area contributed by atoms with Crippen LogP contribution >= 0.6 is 12.4 Å². The summed E-state index contributed by atoms with van der Waals surface area (Å²) in [5, 5.41) is 8.31. The SMILES string of the molecule is COc1ccccc1N=Nc1cc(C)c(N)cc1N.Cl. The van der Waals surface area contributed by atoms with Gasteiger partial charge in [0.1, 0.15) is 17.1 Å². The Morgan fingerprint density at radius 3 is 2.30 bits per heavy atom. The molecule has 6 heteroatoms. The molecule has 0 amide bonds. The lowest BCUT2D eigenvalue weighted by atomic mass is 10.1. The van der Waals surface area contributed by atoms with Crippen LogP contribution in [-0.2, 0) is 0 Å². The van der Waals surface area contributed by atoms with Gasteiger partial charge in [-0.15, -0.1) is 22.6 Å². The maximum absolute atomic E-state index is 5.86. The number of benzene rings is 2. The summed E-state index contributed by atoms with van der Waals surface area (Å²) >= 11 is 0. The molecule has 20 heavy (non-hydrogen) atoms. The first kappa shape index (κ1) is 15.8. The maximum Gasteiger partial charge on any atom is 0.146 e. The molecule has 2 rings (SSSR count). The fourth-order valence-corrected chi connectivity index (χ4v) is 1.63. The number of nitrogen functional groups attached to an aromatic ring is 2. The van der Waals surface area contributed by atoms with E-state index in [-0.39, 0.29) is 12.4 Å². The van der Waals surface area contributed by atoms with Crippen LogP contribution in [0.3, 0.4) is 0 Å². The second-order valence-electron chi connectivity index (χ2n) is 4.14. The highest BCUT2D eigenvalue weighted by Gasteiger charge is 2.03. The van der Waals surface area contributed by atoms with Gasteiger partial charge in [-0.2, -0.15) is 0 Å². The molecule has 0 radical (unpaired) electrons. The monoisotopic (exact) mass is 292 g/mol. The van der Waals surface area contributed by atoms with E-state index >= 15 is 0 Å². The Bertz CT molecular complexity index is 629. The van der Waals surface area contributed by atoms with Crippen LogP contribution in [0.2, 0.25) is 0 Å². The normalized spacial score (nSPS) is 10.3. The summed E-state index contributed by atoms with van der Waals surface area (Å²) in [5.74, 6) is 0.664. The molecule has 4 N–H and O–H groups in total. The van der Waals surface area contributed by atoms with Gasteiger partial charge in [0.25, 0.3) is 0 Å². The van der Waals surface area contributed by atoms with Crippen molar-refractivity contribution in [3.63, 3.8) is 0 Å². The molecule has 5 nitrogen and oxygen atoms in total. The zero-order valence-electron chi connectivity index (χ0n) is 11.3. The van der Waals surface area contributed by atoms with Crippen molar-refractivity contribution >= 4 is 35.2 Å². The lowest BCUT2D eigenvalue weighted by molar-refractivity contribution is 0.416. The molecular formula is C14H17ClN4O. The largest absolute Gasteiger partial charge is 0.494 e. The standard InChI is InChI=1S/C14H16N4O.ClH/c1-9-7-13(11(16)8-10(9)15)18-17-12-5-3-4-6-14(12)19-2;/h3-8H,15-16H2,1-2H3;1H. The number of nitrogens with two attached hydrogens (primary N) is 2. The molecule has 0 aliphatic heterocycles. The predicted molar refractivity (Wildman–Crippen MR) is 84.4 cm³/mol. The van der Waals surface area contributed by atoms with Gasteiger partial charge in [0.2, 0.25) is 0 Å². The van der Waals surface area contributed by atoms with E-state index < -0.39 is 0 Å². The van der Waals surface area contributed by atoms with E-state index in [1.165, 1.54) is 0 Å². The van der Waals surface area contributed by atoms with Crippen molar-refractivity contribution in [1.82, 2.24) is 0 Å². The van der Waals surface area contributed by atoms with Crippen molar-refractivity contribution in [2.24, 2.45) is 10.2 Å². The average Bonchev–Trinajstić information content (AvgIpc) is 2.41. The van der Waals surface area contributed by atoms with E-state index in [0.29, 0.717) is 28.5 Å². The van der Waals surface area contributed by atoms with Crippen LogP contribution < -0.4 is 16.2 Å². The highest BCUT2D eigenvalue weighted by molar-refractivity contribution is 5.85. The predicted octanol–water partition coefficient (Wildman–Crippen LogP) is 4.01. The second-order valence-corrected chi connectivity index (χ2v) is 4.14. The maximum atomic E-state index is 5.86. The molecule has 0 heterocycles. The van der Waals surface area contributed by atoms with Crippen LogP contribution in [0.1, 0.15) is 5.56 Å². The van der Waals surface area contributed by atoms with E-state index in [2.05, 4.69) is 10.2 Å². The number of methoxy groups -OCH3 is 1. The van der Waals surface area contributed by atoms with Crippen LogP contribution in [-0.4, -0.2) is 7.11 Å². The van der Waals surface area contributed by atoms with Crippen molar-refractivity contribution in [3.8, 4) is 5.75 Å². The van der Waals surface area contributed by atoms with Crippen LogP contribution in [0, 0.1) is 6.92 Å². The number of nitrogens with zero attached hydrogens (tertiary/aromatic N) is 2. The molecule has 0 spiro atoms. The van der Waals surface area contributed by atoms with Crippen molar-refractivity contribution in [1.29, 1.82) is 0 Å². The zero-order valence-corrected chi connectivity index (χ0v) is 12.1. The summed E-state index contributed by atoms with van der Waals surface area (Å²) in [7, 11) is 1.59. The number of ether oxygens (including phenoxy) is 1. The molecule has 0 unspecified atom stereocenters. The summed E-state index contributed by atoms with van der Waals surface area (Å²) in [6, 6.07) is 10.9. The first-order chi connectivity index (χ1) is 9.11. The molecular weight excluding hydrogens is 276 g/mol. The van der Waals surface area contributed by atoms with Crippen LogP contribution in [0.5, 0.6) is 5.75 Å². The summed E-state index contributed by atoms with van der Waals surface area (Å²) in [5.41, 5.74) is 14.9. The van der Waals surface area contributed by atoms with E-state index in [4.69, 9.17) is 16.2 Å². The van der Waals surface area contributed by atoms with Gasteiger partial charge in [-0.05, 0) is 36.8 Å². The van der Waals surface area contributed by atoms with E-state index in [1.54, 1.807) is 13.2 Å². The molecule has 0 aliphatic rings. The lowest BCUT2D eigenvalue weighted by Crippen LogP contribution is -1.93. The van der Waals surface area contributed by atoms with Gasteiger partial charge >= 0.3 is 0 Å². The molecule has 2 aromatic rings. The minimum Gasteiger partial charge on any atom is -0.494 e. The molecule has 0 saturated heterocycles. The summed E-state index contributed by atoms with van der Waals surface area (Å²) in [6.07, 6.45) is 0. The van der Waals surface area contributed by atoms with Gasteiger partial charge in [-0.3, -0.25) is 0 Å². The van der Waals surface area contributed by atoms with Gasteiger partial charge in [0.05, 0.1) is 12.8 Å². The van der Waals surface area contributed by atoms with E-state index in [9.17, 15) is 0 Å². The number of rotatable bonds is 3. The minimum atomic E-state index is 0.